The maximum absolute atomic E-state index is 12.0. The minimum absolute atomic E-state index is 0.0629. The second kappa shape index (κ2) is 7.59. The quantitative estimate of drug-likeness (QED) is 0.707. The molecule has 112 valence electrons. The Bertz CT molecular complexity index is 535. The predicted molar refractivity (Wildman–Crippen MR) is 81.9 cm³/mol. The van der Waals surface area contributed by atoms with Crippen molar-refractivity contribution in [2.75, 3.05) is 19.6 Å². The van der Waals surface area contributed by atoms with Crippen LogP contribution in [-0.4, -0.2) is 31.4 Å². The zero-order valence-corrected chi connectivity index (χ0v) is 12.2. The van der Waals surface area contributed by atoms with Crippen LogP contribution < -0.4 is 16.0 Å². The molecule has 0 atom stereocenters. The molecule has 0 saturated carbocycles. The van der Waals surface area contributed by atoms with Gasteiger partial charge in [-0.05, 0) is 30.7 Å². The van der Waals surface area contributed by atoms with Gasteiger partial charge in [0.25, 0.3) is 5.91 Å². The molecule has 0 bridgehead atoms. The first-order chi connectivity index (χ1) is 10.1. The summed E-state index contributed by atoms with van der Waals surface area (Å²) in [7, 11) is 0. The molecule has 2 amide bonds. The van der Waals surface area contributed by atoms with E-state index in [2.05, 4.69) is 22.0 Å². The van der Waals surface area contributed by atoms with E-state index in [1.165, 1.54) is 12.5 Å². The fourth-order valence-electron chi connectivity index (χ4n) is 2.13. The second-order valence-corrected chi connectivity index (χ2v) is 5.11. The van der Waals surface area contributed by atoms with Crippen LogP contribution in [0.2, 0.25) is 0 Å². The van der Waals surface area contributed by atoms with Gasteiger partial charge in [-0.15, -0.1) is 0 Å². The molecule has 1 aromatic carbocycles. The molecule has 0 spiro atoms. The number of hydrogen-bond donors (Lipinski definition) is 3. The molecular weight excluding hydrogens is 266 g/mol. The number of rotatable bonds is 5. The third-order valence-corrected chi connectivity index (χ3v) is 3.39. The van der Waals surface area contributed by atoms with Gasteiger partial charge in [-0.2, -0.15) is 0 Å². The lowest BCUT2D eigenvalue weighted by Crippen LogP contribution is -2.29. The van der Waals surface area contributed by atoms with Gasteiger partial charge >= 0.3 is 0 Å². The number of carbonyl (C=O) groups is 2. The van der Waals surface area contributed by atoms with E-state index in [9.17, 15) is 9.59 Å². The Kier molecular flexibility index (Phi) is 5.51. The average molecular weight is 287 g/mol. The summed E-state index contributed by atoms with van der Waals surface area (Å²) in [6.45, 7) is 4.42. The largest absolute Gasteiger partial charge is 0.352 e. The Morgan fingerprint density at radius 1 is 1.14 bits per heavy atom. The molecule has 1 aromatic rings. The molecule has 0 aliphatic carbocycles. The lowest BCUT2D eigenvalue weighted by atomic mass is 10.1. The van der Waals surface area contributed by atoms with E-state index in [1.54, 1.807) is 12.1 Å². The summed E-state index contributed by atoms with van der Waals surface area (Å²) < 4.78 is 0. The van der Waals surface area contributed by atoms with Crippen molar-refractivity contribution in [2.45, 2.75) is 19.9 Å². The van der Waals surface area contributed by atoms with E-state index in [0.29, 0.717) is 18.7 Å². The molecular formula is C16H21N3O2. The zero-order valence-electron chi connectivity index (χ0n) is 12.2. The summed E-state index contributed by atoms with van der Waals surface area (Å²) in [5.74, 6) is -0.132. The van der Waals surface area contributed by atoms with Crippen molar-refractivity contribution in [3.05, 3.63) is 47.0 Å². The molecule has 5 nitrogen and oxygen atoms in total. The Hall–Kier alpha value is -2.14. The molecule has 1 aliphatic rings. The second-order valence-electron chi connectivity index (χ2n) is 5.11. The summed E-state index contributed by atoms with van der Waals surface area (Å²) in [6.07, 6.45) is 3.11. The summed E-state index contributed by atoms with van der Waals surface area (Å²) in [5.41, 5.74) is 2.88. The van der Waals surface area contributed by atoms with Gasteiger partial charge in [0, 0.05) is 32.1 Å². The van der Waals surface area contributed by atoms with Gasteiger partial charge in [0.05, 0.1) is 0 Å². The minimum atomic E-state index is -0.0690. The maximum atomic E-state index is 12.0. The molecule has 3 N–H and O–H groups in total. The highest BCUT2D eigenvalue weighted by molar-refractivity contribution is 5.94. The number of benzene rings is 1. The van der Waals surface area contributed by atoms with Crippen LogP contribution >= 0.6 is 0 Å². The van der Waals surface area contributed by atoms with Crippen LogP contribution in [0.25, 0.3) is 0 Å². The predicted octanol–water partition coefficient (Wildman–Crippen LogP) is 0.972. The average Bonchev–Trinajstić information content (AvgIpc) is 2.52. The minimum Gasteiger partial charge on any atom is -0.352 e. The standard InChI is InChI=1S/C16H21N3O2/c1-12(20)18-10-13-2-4-15(5-3-13)16(21)19-11-14-6-8-17-9-7-14/h2-6,17H,7-11H2,1H3,(H,18,20)(H,19,21). The molecule has 0 aromatic heterocycles. The van der Waals surface area contributed by atoms with Crippen molar-refractivity contribution in [2.24, 2.45) is 0 Å². The Labute approximate surface area is 124 Å². The monoisotopic (exact) mass is 287 g/mol. The maximum Gasteiger partial charge on any atom is 0.251 e. The van der Waals surface area contributed by atoms with Crippen molar-refractivity contribution < 1.29 is 9.59 Å². The Morgan fingerprint density at radius 3 is 2.52 bits per heavy atom. The zero-order chi connectivity index (χ0) is 15.1. The molecule has 0 unspecified atom stereocenters. The number of hydrogen-bond acceptors (Lipinski definition) is 3. The summed E-state index contributed by atoms with van der Waals surface area (Å²) in [5, 5.41) is 8.90. The summed E-state index contributed by atoms with van der Waals surface area (Å²) >= 11 is 0. The topological polar surface area (TPSA) is 70.2 Å². The molecule has 1 aliphatic heterocycles. The summed E-state index contributed by atoms with van der Waals surface area (Å²) in [4.78, 5) is 22.9. The molecule has 21 heavy (non-hydrogen) atoms. The van der Waals surface area contributed by atoms with Gasteiger partial charge in [-0.25, -0.2) is 0 Å². The van der Waals surface area contributed by atoms with Gasteiger partial charge < -0.3 is 16.0 Å². The smallest absolute Gasteiger partial charge is 0.251 e. The molecule has 0 radical (unpaired) electrons. The third-order valence-electron chi connectivity index (χ3n) is 3.39. The highest BCUT2D eigenvalue weighted by atomic mass is 16.2. The highest BCUT2D eigenvalue weighted by Gasteiger charge is 2.08. The van der Waals surface area contributed by atoms with E-state index in [0.717, 1.165) is 25.1 Å². The SMILES string of the molecule is CC(=O)NCc1ccc(C(=O)NCC2=CCNCC2)cc1. The molecule has 0 saturated heterocycles. The first kappa shape index (κ1) is 15.3. The van der Waals surface area contributed by atoms with E-state index in [1.807, 2.05) is 12.1 Å². The first-order valence-electron chi connectivity index (χ1n) is 7.15. The fourth-order valence-corrected chi connectivity index (χ4v) is 2.13. The van der Waals surface area contributed by atoms with Gasteiger partial charge in [0.15, 0.2) is 0 Å². The van der Waals surface area contributed by atoms with Gasteiger partial charge in [-0.1, -0.05) is 23.8 Å². The molecule has 0 fully saturated rings. The van der Waals surface area contributed by atoms with E-state index < -0.39 is 0 Å². The fraction of sp³-hybridized carbons (Fsp3) is 0.375. The van der Waals surface area contributed by atoms with Crippen LogP contribution in [0.3, 0.4) is 0 Å². The van der Waals surface area contributed by atoms with Crippen molar-refractivity contribution in [1.29, 1.82) is 0 Å². The van der Waals surface area contributed by atoms with Crippen molar-refractivity contribution in [3.8, 4) is 0 Å². The van der Waals surface area contributed by atoms with Gasteiger partial charge in [-0.3, -0.25) is 9.59 Å². The van der Waals surface area contributed by atoms with Gasteiger partial charge in [0.1, 0.15) is 0 Å². The Morgan fingerprint density at radius 2 is 1.90 bits per heavy atom. The van der Waals surface area contributed by atoms with Crippen molar-refractivity contribution in [3.63, 3.8) is 0 Å². The molecule has 1 heterocycles. The van der Waals surface area contributed by atoms with Crippen LogP contribution in [0.5, 0.6) is 0 Å². The van der Waals surface area contributed by atoms with Gasteiger partial charge in [0.2, 0.25) is 5.91 Å². The normalized spacial score (nSPS) is 14.2. The van der Waals surface area contributed by atoms with Crippen LogP contribution in [-0.2, 0) is 11.3 Å². The van der Waals surface area contributed by atoms with Crippen molar-refractivity contribution >= 4 is 11.8 Å². The van der Waals surface area contributed by atoms with Crippen LogP contribution in [0.4, 0.5) is 0 Å². The number of nitrogens with one attached hydrogen (secondary N) is 3. The third kappa shape index (κ3) is 5.04. The van der Waals surface area contributed by atoms with E-state index >= 15 is 0 Å². The van der Waals surface area contributed by atoms with Crippen molar-refractivity contribution in [1.82, 2.24) is 16.0 Å². The lowest BCUT2D eigenvalue weighted by Gasteiger charge is -2.14. The first-order valence-corrected chi connectivity index (χ1v) is 7.15. The Balaban J connectivity index is 1.84. The number of carbonyl (C=O) groups excluding carboxylic acids is 2. The molecule has 5 heteroatoms. The number of amides is 2. The van der Waals surface area contributed by atoms with Crippen LogP contribution in [0.15, 0.2) is 35.9 Å². The van der Waals surface area contributed by atoms with E-state index in [4.69, 9.17) is 0 Å². The highest BCUT2D eigenvalue weighted by Crippen LogP contribution is 2.06. The molecule has 2 rings (SSSR count). The van der Waals surface area contributed by atoms with Crippen LogP contribution in [0.1, 0.15) is 29.3 Å². The van der Waals surface area contributed by atoms with E-state index in [-0.39, 0.29) is 11.8 Å². The lowest BCUT2D eigenvalue weighted by molar-refractivity contribution is -0.119. The van der Waals surface area contributed by atoms with Crippen LogP contribution in [0, 0.1) is 0 Å². The summed E-state index contributed by atoms with van der Waals surface area (Å²) in [6, 6.07) is 7.27.